The van der Waals surface area contributed by atoms with Gasteiger partial charge < -0.3 is 16.4 Å². The molecule has 2 amide bonds. The molecule has 0 saturated carbocycles. The monoisotopic (exact) mass is 229 g/mol. The van der Waals surface area contributed by atoms with Gasteiger partial charge in [-0.1, -0.05) is 6.92 Å². The summed E-state index contributed by atoms with van der Waals surface area (Å²) in [6, 6.07) is -0.0377. The van der Waals surface area contributed by atoms with Gasteiger partial charge in [-0.05, 0) is 33.2 Å². The third-order valence-electron chi connectivity index (χ3n) is 2.44. The van der Waals surface area contributed by atoms with E-state index in [1.807, 2.05) is 20.8 Å². The largest absolute Gasteiger partial charge is 0.370 e. The van der Waals surface area contributed by atoms with Gasteiger partial charge in [0.1, 0.15) is 0 Å². The molecular weight excluding hydrogens is 206 g/mol. The van der Waals surface area contributed by atoms with E-state index in [-0.39, 0.29) is 23.9 Å². The van der Waals surface area contributed by atoms with Crippen LogP contribution in [0.1, 0.15) is 40.0 Å². The number of nitrogens with two attached hydrogens (primary N) is 1. The van der Waals surface area contributed by atoms with Crippen molar-refractivity contribution in [2.24, 2.45) is 5.73 Å². The zero-order valence-electron chi connectivity index (χ0n) is 10.4. The number of carbonyl (C=O) groups is 2. The second-order valence-electron chi connectivity index (χ2n) is 4.06. The minimum atomic E-state index is -0.307. The molecule has 0 fully saturated rings. The number of rotatable bonds is 8. The molecule has 0 radical (unpaired) electrons. The summed E-state index contributed by atoms with van der Waals surface area (Å²) in [6.07, 6.45) is 1.93. The van der Waals surface area contributed by atoms with Gasteiger partial charge in [-0.3, -0.25) is 9.59 Å². The van der Waals surface area contributed by atoms with Crippen LogP contribution in [0.4, 0.5) is 0 Å². The van der Waals surface area contributed by atoms with Crippen LogP contribution in [0.3, 0.4) is 0 Å². The van der Waals surface area contributed by atoms with Gasteiger partial charge >= 0.3 is 0 Å². The van der Waals surface area contributed by atoms with Crippen molar-refractivity contribution in [2.45, 2.75) is 52.1 Å². The first-order valence-corrected chi connectivity index (χ1v) is 5.79. The summed E-state index contributed by atoms with van der Waals surface area (Å²) in [5.41, 5.74) is 5.01. The van der Waals surface area contributed by atoms with E-state index in [1.54, 1.807) is 0 Å². The van der Waals surface area contributed by atoms with Crippen LogP contribution >= 0.6 is 0 Å². The molecule has 4 N–H and O–H groups in total. The number of nitrogens with one attached hydrogen (secondary N) is 2. The molecular formula is C11H23N3O2. The summed E-state index contributed by atoms with van der Waals surface area (Å²) in [6.45, 7) is 6.42. The molecule has 5 heteroatoms. The van der Waals surface area contributed by atoms with Crippen molar-refractivity contribution in [2.75, 3.05) is 6.54 Å². The Hall–Kier alpha value is -1.10. The average molecular weight is 229 g/mol. The van der Waals surface area contributed by atoms with Crippen LogP contribution in [0.15, 0.2) is 0 Å². The minimum Gasteiger partial charge on any atom is -0.370 e. The van der Waals surface area contributed by atoms with Crippen molar-refractivity contribution in [3.05, 3.63) is 0 Å². The zero-order chi connectivity index (χ0) is 12.6. The fourth-order valence-corrected chi connectivity index (χ4v) is 1.14. The fraction of sp³-hybridized carbons (Fsp3) is 0.818. The third kappa shape index (κ3) is 7.23. The molecule has 0 spiro atoms. The first-order valence-electron chi connectivity index (χ1n) is 5.79. The summed E-state index contributed by atoms with van der Waals surface area (Å²) < 4.78 is 0. The molecule has 0 aliphatic rings. The molecule has 0 aromatic rings. The maximum absolute atomic E-state index is 11.6. The third-order valence-corrected chi connectivity index (χ3v) is 2.44. The van der Waals surface area contributed by atoms with E-state index in [0.29, 0.717) is 19.4 Å². The van der Waals surface area contributed by atoms with Crippen LogP contribution in [-0.2, 0) is 9.59 Å². The van der Waals surface area contributed by atoms with E-state index in [2.05, 4.69) is 10.6 Å². The summed E-state index contributed by atoms with van der Waals surface area (Å²) in [7, 11) is 0. The number of hydrogen-bond acceptors (Lipinski definition) is 3. The van der Waals surface area contributed by atoms with Crippen molar-refractivity contribution >= 4 is 11.8 Å². The number of amides is 2. The lowest BCUT2D eigenvalue weighted by atomic mass is 10.2. The predicted octanol–water partition coefficient (Wildman–Crippen LogP) is 0.145. The molecule has 0 rings (SSSR count). The van der Waals surface area contributed by atoms with Crippen LogP contribution in [-0.4, -0.2) is 30.4 Å². The Morgan fingerprint density at radius 3 is 2.44 bits per heavy atom. The summed E-state index contributed by atoms with van der Waals surface area (Å²) in [5, 5.41) is 5.93. The highest BCUT2D eigenvalue weighted by atomic mass is 16.2. The average Bonchev–Trinajstić information content (AvgIpc) is 2.23. The van der Waals surface area contributed by atoms with E-state index in [4.69, 9.17) is 5.73 Å². The van der Waals surface area contributed by atoms with Crippen LogP contribution in [0.25, 0.3) is 0 Å². The van der Waals surface area contributed by atoms with E-state index in [0.717, 1.165) is 6.42 Å². The standard InChI is InChI=1S/C11H23N3O2/c1-4-8(2)14-11(16)9(3)13-7-5-6-10(12)15/h8-9,13H,4-7H2,1-3H3,(H2,12,15)(H,14,16). The molecule has 5 nitrogen and oxygen atoms in total. The maximum atomic E-state index is 11.6. The van der Waals surface area contributed by atoms with Gasteiger partial charge in [0.05, 0.1) is 6.04 Å². The molecule has 0 aromatic heterocycles. The molecule has 2 unspecified atom stereocenters. The summed E-state index contributed by atoms with van der Waals surface area (Å²) in [5.74, 6) is -0.313. The lowest BCUT2D eigenvalue weighted by molar-refractivity contribution is -0.123. The molecule has 94 valence electrons. The fourth-order valence-electron chi connectivity index (χ4n) is 1.14. The summed E-state index contributed by atoms with van der Waals surface area (Å²) >= 11 is 0. The summed E-state index contributed by atoms with van der Waals surface area (Å²) in [4.78, 5) is 22.1. The van der Waals surface area contributed by atoms with Crippen LogP contribution in [0, 0.1) is 0 Å². The Balaban J connectivity index is 3.67. The Bertz CT molecular complexity index is 231. The first-order chi connectivity index (χ1) is 7.47. The van der Waals surface area contributed by atoms with Crippen molar-refractivity contribution in [1.29, 1.82) is 0 Å². The van der Waals surface area contributed by atoms with E-state index >= 15 is 0 Å². The Labute approximate surface area is 97.2 Å². The minimum absolute atomic E-state index is 0.00609. The van der Waals surface area contributed by atoms with Crippen molar-refractivity contribution in [3.63, 3.8) is 0 Å². The van der Waals surface area contributed by atoms with Gasteiger partial charge in [0.15, 0.2) is 0 Å². The Morgan fingerprint density at radius 1 is 1.31 bits per heavy atom. The maximum Gasteiger partial charge on any atom is 0.237 e. The molecule has 0 aromatic carbocycles. The molecule has 0 bridgehead atoms. The van der Waals surface area contributed by atoms with Crippen molar-refractivity contribution in [1.82, 2.24) is 10.6 Å². The molecule has 16 heavy (non-hydrogen) atoms. The van der Waals surface area contributed by atoms with Crippen molar-refractivity contribution in [3.8, 4) is 0 Å². The number of primary amides is 1. The Kier molecular flexibility index (Phi) is 7.54. The number of carbonyl (C=O) groups excluding carboxylic acids is 2. The first kappa shape index (κ1) is 14.9. The van der Waals surface area contributed by atoms with Gasteiger partial charge in [0.2, 0.25) is 11.8 Å². The SMILES string of the molecule is CCC(C)NC(=O)C(C)NCCCC(N)=O. The number of hydrogen-bond donors (Lipinski definition) is 3. The van der Waals surface area contributed by atoms with Gasteiger partial charge in [-0.2, -0.15) is 0 Å². The van der Waals surface area contributed by atoms with Gasteiger partial charge in [-0.25, -0.2) is 0 Å². The smallest absolute Gasteiger partial charge is 0.237 e. The lowest BCUT2D eigenvalue weighted by Gasteiger charge is -2.17. The molecule has 0 aliphatic heterocycles. The van der Waals surface area contributed by atoms with Gasteiger partial charge in [0, 0.05) is 12.5 Å². The second-order valence-corrected chi connectivity index (χ2v) is 4.06. The molecule has 2 atom stereocenters. The highest BCUT2D eigenvalue weighted by molar-refractivity contribution is 5.81. The van der Waals surface area contributed by atoms with Crippen molar-refractivity contribution < 1.29 is 9.59 Å². The van der Waals surface area contributed by atoms with E-state index < -0.39 is 0 Å². The predicted molar refractivity (Wildman–Crippen MR) is 63.8 cm³/mol. The topological polar surface area (TPSA) is 84.2 Å². The van der Waals surface area contributed by atoms with Gasteiger partial charge in [-0.15, -0.1) is 0 Å². The highest BCUT2D eigenvalue weighted by Crippen LogP contribution is 1.91. The van der Waals surface area contributed by atoms with Crippen LogP contribution in [0.2, 0.25) is 0 Å². The van der Waals surface area contributed by atoms with E-state index in [9.17, 15) is 9.59 Å². The quantitative estimate of drug-likeness (QED) is 0.518. The highest BCUT2D eigenvalue weighted by Gasteiger charge is 2.13. The Morgan fingerprint density at radius 2 is 1.94 bits per heavy atom. The van der Waals surface area contributed by atoms with Gasteiger partial charge in [0.25, 0.3) is 0 Å². The zero-order valence-corrected chi connectivity index (χ0v) is 10.4. The van der Waals surface area contributed by atoms with Crippen LogP contribution in [0.5, 0.6) is 0 Å². The molecule has 0 heterocycles. The van der Waals surface area contributed by atoms with E-state index in [1.165, 1.54) is 0 Å². The second kappa shape index (κ2) is 8.10. The van der Waals surface area contributed by atoms with Crippen LogP contribution < -0.4 is 16.4 Å². The molecule has 0 saturated heterocycles. The molecule has 0 aliphatic carbocycles. The lowest BCUT2D eigenvalue weighted by Crippen LogP contribution is -2.45. The normalized spacial score (nSPS) is 14.2.